The van der Waals surface area contributed by atoms with Crippen LogP contribution in [0.1, 0.15) is 73.1 Å². The Balaban J connectivity index is 4.77. The summed E-state index contributed by atoms with van der Waals surface area (Å²) in [6.07, 6.45) is 6.03. The number of nitrogens with one attached hydrogen (secondary N) is 1. The van der Waals surface area contributed by atoms with Gasteiger partial charge in [-0.15, -0.1) is 0 Å². The van der Waals surface area contributed by atoms with E-state index in [1.807, 2.05) is 6.92 Å². The zero-order valence-electron chi connectivity index (χ0n) is 13.3. The molecular formula is C16H31NO2. The molecule has 0 radical (unpaired) electrons. The number of unbranched alkanes of at least 4 members (excludes halogenated alkanes) is 2. The summed E-state index contributed by atoms with van der Waals surface area (Å²) in [5.74, 6) is 0.364. The monoisotopic (exact) mass is 269 g/mol. The van der Waals surface area contributed by atoms with Crippen LogP contribution < -0.4 is 5.32 Å². The zero-order chi connectivity index (χ0) is 14.9. The zero-order valence-corrected chi connectivity index (χ0v) is 13.3. The van der Waals surface area contributed by atoms with Crippen molar-refractivity contribution in [1.82, 2.24) is 5.32 Å². The number of ketones is 2. The fourth-order valence-electron chi connectivity index (χ4n) is 2.23. The summed E-state index contributed by atoms with van der Waals surface area (Å²) in [6, 6.07) is 0. The highest BCUT2D eigenvalue weighted by atomic mass is 16.1. The Morgan fingerprint density at radius 1 is 1.05 bits per heavy atom. The van der Waals surface area contributed by atoms with Gasteiger partial charge in [-0.25, -0.2) is 0 Å². The van der Waals surface area contributed by atoms with Gasteiger partial charge in [0.25, 0.3) is 0 Å². The maximum Gasteiger partial charge on any atom is 0.149 e. The normalized spacial score (nSPS) is 13.3. The summed E-state index contributed by atoms with van der Waals surface area (Å²) in [4.78, 5) is 23.4. The lowest BCUT2D eigenvalue weighted by Gasteiger charge is -2.34. The topological polar surface area (TPSA) is 46.2 Å². The Hall–Kier alpha value is -0.700. The van der Waals surface area contributed by atoms with Crippen LogP contribution in [0.5, 0.6) is 0 Å². The largest absolute Gasteiger partial charge is 0.304 e. The first kappa shape index (κ1) is 18.3. The van der Waals surface area contributed by atoms with Crippen molar-refractivity contribution in [2.75, 3.05) is 6.54 Å². The highest BCUT2D eigenvalue weighted by Crippen LogP contribution is 2.23. The van der Waals surface area contributed by atoms with Gasteiger partial charge in [0.1, 0.15) is 11.6 Å². The SMILES string of the molecule is CCCCC(CCCC)(NC[C@@H](C)C(C)=O)C(C)=O. The molecule has 0 heterocycles. The molecule has 0 aliphatic carbocycles. The lowest BCUT2D eigenvalue weighted by atomic mass is 9.83. The fraction of sp³-hybridized carbons (Fsp3) is 0.875. The molecule has 0 unspecified atom stereocenters. The van der Waals surface area contributed by atoms with Crippen molar-refractivity contribution in [3.63, 3.8) is 0 Å². The molecule has 0 aliphatic heterocycles. The van der Waals surface area contributed by atoms with Crippen LogP contribution in [-0.2, 0) is 9.59 Å². The average Bonchev–Trinajstić information content (AvgIpc) is 2.37. The summed E-state index contributed by atoms with van der Waals surface area (Å²) in [6.45, 7) is 10.1. The predicted octanol–water partition coefficient (Wildman–Crippen LogP) is 3.51. The fourth-order valence-corrected chi connectivity index (χ4v) is 2.23. The van der Waals surface area contributed by atoms with E-state index in [1.54, 1.807) is 13.8 Å². The van der Waals surface area contributed by atoms with Crippen molar-refractivity contribution in [3.8, 4) is 0 Å². The van der Waals surface area contributed by atoms with Gasteiger partial charge in [0.05, 0.1) is 5.54 Å². The third-order valence-electron chi connectivity index (χ3n) is 4.03. The van der Waals surface area contributed by atoms with Gasteiger partial charge < -0.3 is 5.32 Å². The summed E-state index contributed by atoms with van der Waals surface area (Å²) in [7, 11) is 0. The molecule has 0 aromatic rings. The average molecular weight is 269 g/mol. The minimum absolute atomic E-state index is 0.0259. The molecule has 0 amide bonds. The summed E-state index contributed by atoms with van der Waals surface area (Å²) in [5, 5.41) is 3.41. The van der Waals surface area contributed by atoms with Crippen molar-refractivity contribution >= 4 is 11.6 Å². The van der Waals surface area contributed by atoms with E-state index < -0.39 is 5.54 Å². The number of carbonyl (C=O) groups excluding carboxylic acids is 2. The number of Topliss-reactive ketones (excluding diaryl/α,β-unsaturated/α-hetero) is 2. The molecule has 112 valence electrons. The molecule has 1 N–H and O–H groups in total. The first-order valence-electron chi connectivity index (χ1n) is 7.66. The Kier molecular flexibility index (Phi) is 8.90. The van der Waals surface area contributed by atoms with Gasteiger partial charge in [-0.3, -0.25) is 9.59 Å². The van der Waals surface area contributed by atoms with Crippen LogP contribution in [-0.4, -0.2) is 23.7 Å². The van der Waals surface area contributed by atoms with E-state index in [9.17, 15) is 9.59 Å². The molecule has 0 aromatic heterocycles. The van der Waals surface area contributed by atoms with Crippen molar-refractivity contribution < 1.29 is 9.59 Å². The Bertz CT molecular complexity index is 278. The van der Waals surface area contributed by atoms with Gasteiger partial charge in [-0.05, 0) is 26.7 Å². The van der Waals surface area contributed by atoms with Crippen molar-refractivity contribution in [2.24, 2.45) is 5.92 Å². The maximum absolute atomic E-state index is 12.1. The first-order valence-corrected chi connectivity index (χ1v) is 7.66. The van der Waals surface area contributed by atoms with Crippen LogP contribution in [0.2, 0.25) is 0 Å². The second-order valence-electron chi connectivity index (χ2n) is 5.74. The van der Waals surface area contributed by atoms with E-state index in [0.717, 1.165) is 38.5 Å². The molecule has 0 spiro atoms. The van der Waals surface area contributed by atoms with Crippen LogP contribution in [0.15, 0.2) is 0 Å². The molecule has 0 saturated heterocycles. The summed E-state index contributed by atoms with van der Waals surface area (Å²) in [5.41, 5.74) is -0.421. The Morgan fingerprint density at radius 3 is 1.84 bits per heavy atom. The summed E-state index contributed by atoms with van der Waals surface area (Å²) < 4.78 is 0. The summed E-state index contributed by atoms with van der Waals surface area (Å²) >= 11 is 0. The second-order valence-corrected chi connectivity index (χ2v) is 5.74. The third-order valence-corrected chi connectivity index (χ3v) is 4.03. The molecule has 0 rings (SSSR count). The van der Waals surface area contributed by atoms with Gasteiger partial charge in [0, 0.05) is 12.5 Å². The number of hydrogen-bond donors (Lipinski definition) is 1. The first-order chi connectivity index (χ1) is 8.89. The molecule has 0 aromatic carbocycles. The number of carbonyl (C=O) groups is 2. The number of rotatable bonds is 11. The minimum Gasteiger partial charge on any atom is -0.304 e. The van der Waals surface area contributed by atoms with Crippen LogP contribution in [0.3, 0.4) is 0 Å². The van der Waals surface area contributed by atoms with E-state index in [2.05, 4.69) is 19.2 Å². The standard InChI is InChI=1S/C16H31NO2/c1-6-8-10-16(15(5)19,11-9-7-2)17-12-13(3)14(4)18/h13,17H,6-12H2,1-5H3/t13-/m1/s1. The second kappa shape index (κ2) is 9.24. The Morgan fingerprint density at radius 2 is 1.53 bits per heavy atom. The van der Waals surface area contributed by atoms with E-state index in [0.29, 0.717) is 6.54 Å². The Labute approximate surface area is 118 Å². The lowest BCUT2D eigenvalue weighted by molar-refractivity contribution is -0.125. The van der Waals surface area contributed by atoms with Gasteiger partial charge in [-0.1, -0.05) is 46.5 Å². The molecular weight excluding hydrogens is 238 g/mol. The van der Waals surface area contributed by atoms with Crippen LogP contribution in [0.4, 0.5) is 0 Å². The lowest BCUT2D eigenvalue weighted by Crippen LogP contribution is -2.52. The van der Waals surface area contributed by atoms with Crippen molar-refractivity contribution in [3.05, 3.63) is 0 Å². The third kappa shape index (κ3) is 6.33. The molecule has 3 heteroatoms. The smallest absolute Gasteiger partial charge is 0.149 e. The molecule has 19 heavy (non-hydrogen) atoms. The van der Waals surface area contributed by atoms with E-state index in [1.165, 1.54) is 0 Å². The molecule has 0 bridgehead atoms. The quantitative estimate of drug-likeness (QED) is 0.624. The van der Waals surface area contributed by atoms with Crippen LogP contribution in [0.25, 0.3) is 0 Å². The van der Waals surface area contributed by atoms with E-state index in [-0.39, 0.29) is 17.5 Å². The highest BCUT2D eigenvalue weighted by molar-refractivity contribution is 5.86. The van der Waals surface area contributed by atoms with E-state index in [4.69, 9.17) is 0 Å². The van der Waals surface area contributed by atoms with Gasteiger partial charge in [-0.2, -0.15) is 0 Å². The van der Waals surface area contributed by atoms with Crippen LogP contribution in [0, 0.1) is 5.92 Å². The molecule has 0 fully saturated rings. The maximum atomic E-state index is 12.1. The van der Waals surface area contributed by atoms with Crippen LogP contribution >= 0.6 is 0 Å². The number of hydrogen-bond acceptors (Lipinski definition) is 3. The van der Waals surface area contributed by atoms with E-state index >= 15 is 0 Å². The molecule has 0 saturated carbocycles. The van der Waals surface area contributed by atoms with Gasteiger partial charge in [0.15, 0.2) is 0 Å². The minimum atomic E-state index is -0.421. The van der Waals surface area contributed by atoms with Gasteiger partial charge >= 0.3 is 0 Å². The predicted molar refractivity (Wildman–Crippen MR) is 80.3 cm³/mol. The molecule has 1 atom stereocenters. The molecule has 3 nitrogen and oxygen atoms in total. The molecule has 0 aliphatic rings. The van der Waals surface area contributed by atoms with Crippen molar-refractivity contribution in [1.29, 1.82) is 0 Å². The van der Waals surface area contributed by atoms with Gasteiger partial charge in [0.2, 0.25) is 0 Å². The van der Waals surface area contributed by atoms with Crippen molar-refractivity contribution in [2.45, 2.75) is 78.7 Å². The highest BCUT2D eigenvalue weighted by Gasteiger charge is 2.33.